The number of aromatic nitrogens is 2. The van der Waals surface area contributed by atoms with Crippen LogP contribution in [0, 0.1) is 0 Å². The number of hydrogen-bond acceptors (Lipinski definition) is 5. The first-order valence-corrected chi connectivity index (χ1v) is 6.96. The highest BCUT2D eigenvalue weighted by atomic mass is 16.5. The van der Waals surface area contributed by atoms with Crippen LogP contribution in [0.3, 0.4) is 0 Å². The number of ether oxygens (including phenoxy) is 1. The second-order valence-electron chi connectivity index (χ2n) is 4.62. The highest BCUT2D eigenvalue weighted by molar-refractivity contribution is 5.76. The maximum Gasteiger partial charge on any atom is 0.221 e. The summed E-state index contributed by atoms with van der Waals surface area (Å²) in [5, 5.41) is 5.97. The van der Waals surface area contributed by atoms with Crippen LogP contribution in [-0.2, 0) is 16.1 Å². The number of rotatable bonds is 8. The third kappa shape index (κ3) is 5.09. The molecule has 1 aromatic carbocycles. The zero-order chi connectivity index (χ0) is 14.9. The fourth-order valence-corrected chi connectivity index (χ4v) is 1.88. The summed E-state index contributed by atoms with van der Waals surface area (Å²) < 4.78 is 4.87. The van der Waals surface area contributed by atoms with Gasteiger partial charge in [0.2, 0.25) is 5.91 Å². The summed E-state index contributed by atoms with van der Waals surface area (Å²) in [5.41, 5.74) is 2.64. The molecule has 0 saturated carbocycles. The number of carbonyl (C=O) groups is 1. The van der Waals surface area contributed by atoms with Gasteiger partial charge in [0.15, 0.2) is 0 Å². The van der Waals surface area contributed by atoms with E-state index < -0.39 is 0 Å². The van der Waals surface area contributed by atoms with Crippen LogP contribution in [-0.4, -0.2) is 42.7 Å². The van der Waals surface area contributed by atoms with Crippen molar-refractivity contribution in [3.8, 4) is 0 Å². The molecule has 6 nitrogen and oxygen atoms in total. The summed E-state index contributed by atoms with van der Waals surface area (Å²) >= 11 is 0. The number of hydrogen-bond donors (Lipinski definition) is 2. The number of fused-ring (bicyclic) bond motifs is 1. The van der Waals surface area contributed by atoms with Gasteiger partial charge in [-0.1, -0.05) is 12.1 Å². The Hall–Kier alpha value is -2.05. The third-order valence-electron chi connectivity index (χ3n) is 2.96. The number of carbonyl (C=O) groups excluding carboxylic acids is 1. The summed E-state index contributed by atoms with van der Waals surface area (Å²) in [6.45, 7) is 2.29. The molecule has 112 valence electrons. The molecule has 0 radical (unpaired) electrons. The molecule has 1 amide bonds. The van der Waals surface area contributed by atoms with Gasteiger partial charge in [0.25, 0.3) is 0 Å². The topological polar surface area (TPSA) is 76.1 Å². The average Bonchev–Trinajstić information content (AvgIpc) is 2.52. The van der Waals surface area contributed by atoms with Crippen molar-refractivity contribution in [2.45, 2.75) is 13.0 Å². The van der Waals surface area contributed by atoms with Crippen LogP contribution in [0.2, 0.25) is 0 Å². The van der Waals surface area contributed by atoms with Crippen molar-refractivity contribution in [1.82, 2.24) is 20.6 Å². The predicted octanol–water partition coefficient (Wildman–Crippen LogP) is 0.872. The molecule has 0 bridgehead atoms. The van der Waals surface area contributed by atoms with Gasteiger partial charge in [-0.25, -0.2) is 4.98 Å². The minimum Gasteiger partial charge on any atom is -0.383 e. The van der Waals surface area contributed by atoms with E-state index in [2.05, 4.69) is 20.6 Å². The number of nitrogens with one attached hydrogen (secondary N) is 2. The number of amides is 1. The zero-order valence-corrected chi connectivity index (χ0v) is 12.1. The largest absolute Gasteiger partial charge is 0.383 e. The lowest BCUT2D eigenvalue weighted by molar-refractivity contribution is -0.121. The first kappa shape index (κ1) is 15.3. The molecule has 2 N–H and O–H groups in total. The fourth-order valence-electron chi connectivity index (χ4n) is 1.88. The lowest BCUT2D eigenvalue weighted by Gasteiger charge is -2.06. The van der Waals surface area contributed by atoms with E-state index in [0.29, 0.717) is 32.7 Å². The lowest BCUT2D eigenvalue weighted by atomic mass is 10.3. The van der Waals surface area contributed by atoms with Crippen molar-refractivity contribution in [3.63, 3.8) is 0 Å². The van der Waals surface area contributed by atoms with Crippen molar-refractivity contribution >= 4 is 16.9 Å². The Kier molecular flexibility index (Phi) is 6.05. The van der Waals surface area contributed by atoms with E-state index in [0.717, 1.165) is 16.7 Å². The van der Waals surface area contributed by atoms with Crippen molar-refractivity contribution < 1.29 is 9.53 Å². The predicted molar refractivity (Wildman–Crippen MR) is 80.7 cm³/mol. The maximum absolute atomic E-state index is 11.5. The Morgan fingerprint density at radius 3 is 2.86 bits per heavy atom. The molecule has 0 aliphatic carbocycles. The molecule has 1 heterocycles. The summed E-state index contributed by atoms with van der Waals surface area (Å²) in [7, 11) is 1.61. The molecule has 0 aliphatic rings. The van der Waals surface area contributed by atoms with Gasteiger partial charge in [-0.3, -0.25) is 9.78 Å². The summed E-state index contributed by atoms with van der Waals surface area (Å²) in [5.74, 6) is 0.0177. The van der Waals surface area contributed by atoms with Crippen LogP contribution in [0.1, 0.15) is 12.1 Å². The molecule has 6 heteroatoms. The highest BCUT2D eigenvalue weighted by Gasteiger charge is 2.01. The molecule has 0 saturated heterocycles. The molecule has 0 spiro atoms. The minimum absolute atomic E-state index is 0.0177. The fraction of sp³-hybridized carbons (Fsp3) is 0.400. The number of para-hydroxylation sites is 2. The average molecular weight is 288 g/mol. The Morgan fingerprint density at radius 2 is 2.05 bits per heavy atom. The first-order chi connectivity index (χ1) is 10.3. The normalized spacial score (nSPS) is 10.7. The van der Waals surface area contributed by atoms with E-state index in [4.69, 9.17) is 4.74 Å². The van der Waals surface area contributed by atoms with Crippen LogP contribution in [0.4, 0.5) is 0 Å². The van der Waals surface area contributed by atoms with Crippen LogP contribution >= 0.6 is 0 Å². The first-order valence-electron chi connectivity index (χ1n) is 6.96. The number of nitrogens with zero attached hydrogens (tertiary/aromatic N) is 2. The molecule has 0 aliphatic heterocycles. The van der Waals surface area contributed by atoms with Gasteiger partial charge in [-0.05, 0) is 12.1 Å². The second-order valence-corrected chi connectivity index (χ2v) is 4.62. The summed E-state index contributed by atoms with van der Waals surface area (Å²) in [4.78, 5) is 20.3. The van der Waals surface area contributed by atoms with E-state index in [9.17, 15) is 4.79 Å². The molecule has 0 atom stereocenters. The van der Waals surface area contributed by atoms with Crippen LogP contribution in [0.5, 0.6) is 0 Å². The van der Waals surface area contributed by atoms with Gasteiger partial charge >= 0.3 is 0 Å². The minimum atomic E-state index is 0.0177. The van der Waals surface area contributed by atoms with E-state index in [1.54, 1.807) is 13.3 Å². The molecular weight excluding hydrogens is 268 g/mol. The van der Waals surface area contributed by atoms with E-state index in [-0.39, 0.29) is 5.91 Å². The van der Waals surface area contributed by atoms with Gasteiger partial charge in [0.05, 0.1) is 29.5 Å². The van der Waals surface area contributed by atoms with Crippen molar-refractivity contribution in [3.05, 3.63) is 36.2 Å². The molecule has 0 fully saturated rings. The molecule has 0 unspecified atom stereocenters. The SMILES string of the molecule is COCCNC(=O)CCNCc1cnc2ccccc2n1. The molecular formula is C15H20N4O2. The van der Waals surface area contributed by atoms with Gasteiger partial charge in [0, 0.05) is 33.2 Å². The van der Waals surface area contributed by atoms with Gasteiger partial charge in [-0.2, -0.15) is 0 Å². The monoisotopic (exact) mass is 288 g/mol. The van der Waals surface area contributed by atoms with Crippen LogP contribution in [0.25, 0.3) is 11.0 Å². The van der Waals surface area contributed by atoms with Crippen molar-refractivity contribution in [1.29, 1.82) is 0 Å². The molecule has 2 rings (SSSR count). The standard InChI is InChI=1S/C15H20N4O2/c1-21-9-8-17-15(20)6-7-16-10-12-11-18-13-4-2-3-5-14(13)19-12/h2-5,11,16H,6-10H2,1H3,(H,17,20). The highest BCUT2D eigenvalue weighted by Crippen LogP contribution is 2.08. The van der Waals surface area contributed by atoms with Gasteiger partial charge in [0.1, 0.15) is 0 Å². The van der Waals surface area contributed by atoms with E-state index in [1.165, 1.54) is 0 Å². The maximum atomic E-state index is 11.5. The lowest BCUT2D eigenvalue weighted by Crippen LogP contribution is -2.30. The Bertz CT molecular complexity index is 589. The number of methoxy groups -OCH3 is 1. The summed E-state index contributed by atoms with van der Waals surface area (Å²) in [6.07, 6.45) is 2.19. The Labute approximate surface area is 123 Å². The van der Waals surface area contributed by atoms with Crippen LogP contribution in [0.15, 0.2) is 30.5 Å². The van der Waals surface area contributed by atoms with Crippen molar-refractivity contribution in [2.75, 3.05) is 26.8 Å². The second kappa shape index (κ2) is 8.28. The zero-order valence-electron chi connectivity index (χ0n) is 12.1. The number of benzene rings is 1. The third-order valence-corrected chi connectivity index (χ3v) is 2.96. The Morgan fingerprint density at radius 1 is 1.24 bits per heavy atom. The van der Waals surface area contributed by atoms with Gasteiger partial charge < -0.3 is 15.4 Å². The van der Waals surface area contributed by atoms with Crippen molar-refractivity contribution in [2.24, 2.45) is 0 Å². The van der Waals surface area contributed by atoms with Gasteiger partial charge in [-0.15, -0.1) is 0 Å². The molecule has 1 aromatic heterocycles. The molecule has 2 aromatic rings. The molecule has 21 heavy (non-hydrogen) atoms. The summed E-state index contributed by atoms with van der Waals surface area (Å²) in [6, 6.07) is 7.76. The smallest absolute Gasteiger partial charge is 0.221 e. The quantitative estimate of drug-likeness (QED) is 0.705. The van der Waals surface area contributed by atoms with E-state index in [1.807, 2.05) is 24.3 Å². The van der Waals surface area contributed by atoms with Crippen LogP contribution < -0.4 is 10.6 Å². The Balaban J connectivity index is 1.71. The van der Waals surface area contributed by atoms with E-state index >= 15 is 0 Å².